The number of likely N-dealkylation sites (tertiary alicyclic amines) is 1. The van der Waals surface area contributed by atoms with Crippen molar-refractivity contribution in [1.29, 1.82) is 0 Å². The summed E-state index contributed by atoms with van der Waals surface area (Å²) in [5.74, 6) is 0.757. The van der Waals surface area contributed by atoms with Gasteiger partial charge in [-0.3, -0.25) is 4.79 Å². The van der Waals surface area contributed by atoms with Crippen LogP contribution < -0.4 is 0 Å². The zero-order valence-corrected chi connectivity index (χ0v) is 8.04. The van der Waals surface area contributed by atoms with E-state index < -0.39 is 0 Å². The first-order valence-corrected chi connectivity index (χ1v) is 4.43. The summed E-state index contributed by atoms with van der Waals surface area (Å²) in [6, 6.07) is 0. The van der Waals surface area contributed by atoms with Crippen molar-refractivity contribution < 1.29 is 9.53 Å². The Morgan fingerprint density at radius 3 is 2.58 bits per heavy atom. The van der Waals surface area contributed by atoms with E-state index in [0.29, 0.717) is 5.92 Å². The summed E-state index contributed by atoms with van der Waals surface area (Å²) in [4.78, 5) is 13.3. The van der Waals surface area contributed by atoms with Crippen LogP contribution >= 0.6 is 0 Å². The van der Waals surface area contributed by atoms with Crippen molar-refractivity contribution in [3.05, 3.63) is 0 Å². The van der Waals surface area contributed by atoms with E-state index in [0.717, 1.165) is 19.6 Å². The summed E-state index contributed by atoms with van der Waals surface area (Å²) >= 11 is 0. The highest BCUT2D eigenvalue weighted by Crippen LogP contribution is 2.17. The van der Waals surface area contributed by atoms with Crippen molar-refractivity contribution in [3.8, 4) is 0 Å². The SMILES string of the molecule is COC(=O)C1CN(CC(C)C)C1. The largest absolute Gasteiger partial charge is 0.469 e. The van der Waals surface area contributed by atoms with Gasteiger partial charge in [-0.1, -0.05) is 13.8 Å². The molecule has 0 aliphatic carbocycles. The van der Waals surface area contributed by atoms with E-state index in [1.54, 1.807) is 0 Å². The van der Waals surface area contributed by atoms with Crippen LogP contribution in [0, 0.1) is 11.8 Å². The predicted molar refractivity (Wildman–Crippen MR) is 46.8 cm³/mol. The lowest BCUT2D eigenvalue weighted by Gasteiger charge is -2.38. The minimum absolute atomic E-state index is 0.0602. The second-order valence-corrected chi connectivity index (χ2v) is 3.83. The van der Waals surface area contributed by atoms with Gasteiger partial charge < -0.3 is 9.64 Å². The summed E-state index contributed by atoms with van der Waals surface area (Å²) in [6.45, 7) is 7.22. The third-order valence-corrected chi connectivity index (χ3v) is 2.12. The molecule has 1 fully saturated rings. The number of carbonyl (C=O) groups excluding carboxylic acids is 1. The molecule has 0 aromatic carbocycles. The third kappa shape index (κ3) is 2.21. The maximum absolute atomic E-state index is 11.0. The Balaban J connectivity index is 2.15. The maximum atomic E-state index is 11.0. The highest BCUT2D eigenvalue weighted by Gasteiger charge is 2.33. The molecule has 70 valence electrons. The van der Waals surface area contributed by atoms with E-state index >= 15 is 0 Å². The van der Waals surface area contributed by atoms with Gasteiger partial charge in [-0.05, 0) is 5.92 Å². The van der Waals surface area contributed by atoms with E-state index in [9.17, 15) is 4.79 Å². The van der Waals surface area contributed by atoms with Crippen molar-refractivity contribution in [2.75, 3.05) is 26.7 Å². The Morgan fingerprint density at radius 1 is 1.58 bits per heavy atom. The number of hydrogen-bond acceptors (Lipinski definition) is 3. The molecule has 3 heteroatoms. The summed E-state index contributed by atoms with van der Waals surface area (Å²) in [7, 11) is 1.45. The monoisotopic (exact) mass is 171 g/mol. The molecule has 0 bridgehead atoms. The third-order valence-electron chi connectivity index (χ3n) is 2.12. The van der Waals surface area contributed by atoms with E-state index in [2.05, 4.69) is 23.5 Å². The van der Waals surface area contributed by atoms with Gasteiger partial charge in [0.05, 0.1) is 13.0 Å². The molecule has 1 aliphatic rings. The van der Waals surface area contributed by atoms with Crippen molar-refractivity contribution in [3.63, 3.8) is 0 Å². The van der Waals surface area contributed by atoms with Crippen molar-refractivity contribution >= 4 is 5.97 Å². The zero-order chi connectivity index (χ0) is 9.14. The summed E-state index contributed by atoms with van der Waals surface area (Å²) < 4.78 is 4.64. The first kappa shape index (κ1) is 9.52. The topological polar surface area (TPSA) is 29.5 Å². The van der Waals surface area contributed by atoms with Crippen molar-refractivity contribution in [1.82, 2.24) is 4.90 Å². The fourth-order valence-corrected chi connectivity index (χ4v) is 1.55. The van der Waals surface area contributed by atoms with Crippen LogP contribution in [0.5, 0.6) is 0 Å². The number of rotatable bonds is 3. The Labute approximate surface area is 73.7 Å². The molecule has 0 unspecified atom stereocenters. The molecular weight excluding hydrogens is 154 g/mol. The second-order valence-electron chi connectivity index (χ2n) is 3.83. The van der Waals surface area contributed by atoms with Crippen LogP contribution in [0.25, 0.3) is 0 Å². The Hall–Kier alpha value is -0.570. The van der Waals surface area contributed by atoms with Crippen molar-refractivity contribution in [2.24, 2.45) is 11.8 Å². The Bertz CT molecular complexity index is 162. The number of carbonyl (C=O) groups is 1. The average molecular weight is 171 g/mol. The van der Waals surface area contributed by atoms with Crippen LogP contribution in [0.2, 0.25) is 0 Å². The van der Waals surface area contributed by atoms with Crippen LogP contribution in [0.15, 0.2) is 0 Å². The van der Waals surface area contributed by atoms with E-state index in [-0.39, 0.29) is 11.9 Å². The van der Waals surface area contributed by atoms with Crippen LogP contribution in [-0.2, 0) is 9.53 Å². The van der Waals surface area contributed by atoms with Crippen LogP contribution in [0.1, 0.15) is 13.8 Å². The molecular formula is C9H17NO2. The predicted octanol–water partition coefficient (Wildman–Crippen LogP) is 0.747. The smallest absolute Gasteiger partial charge is 0.311 e. The minimum atomic E-state index is -0.0602. The first-order chi connectivity index (χ1) is 5.63. The second kappa shape index (κ2) is 3.90. The molecule has 1 aliphatic heterocycles. The molecule has 0 aromatic rings. The molecule has 0 amide bonds. The van der Waals surface area contributed by atoms with Gasteiger partial charge in [0.25, 0.3) is 0 Å². The minimum Gasteiger partial charge on any atom is -0.469 e. The summed E-state index contributed by atoms with van der Waals surface area (Å²) in [6.07, 6.45) is 0. The van der Waals surface area contributed by atoms with Crippen LogP contribution in [-0.4, -0.2) is 37.6 Å². The van der Waals surface area contributed by atoms with Gasteiger partial charge in [-0.15, -0.1) is 0 Å². The summed E-state index contributed by atoms with van der Waals surface area (Å²) in [5.41, 5.74) is 0. The number of ether oxygens (including phenoxy) is 1. The molecule has 1 saturated heterocycles. The molecule has 1 rings (SSSR count). The van der Waals surface area contributed by atoms with Gasteiger partial charge in [0.15, 0.2) is 0 Å². The molecule has 0 radical (unpaired) electrons. The zero-order valence-electron chi connectivity index (χ0n) is 8.04. The fourth-order valence-electron chi connectivity index (χ4n) is 1.55. The molecule has 1 heterocycles. The number of esters is 1. The number of nitrogens with zero attached hydrogens (tertiary/aromatic N) is 1. The normalized spacial score (nSPS) is 19.3. The lowest BCUT2D eigenvalue weighted by Crippen LogP contribution is -2.51. The van der Waals surface area contributed by atoms with E-state index in [1.807, 2.05) is 0 Å². The van der Waals surface area contributed by atoms with Crippen LogP contribution in [0.3, 0.4) is 0 Å². The van der Waals surface area contributed by atoms with Gasteiger partial charge in [0.1, 0.15) is 0 Å². The molecule has 3 nitrogen and oxygen atoms in total. The van der Waals surface area contributed by atoms with Crippen LogP contribution in [0.4, 0.5) is 0 Å². The van der Waals surface area contributed by atoms with Gasteiger partial charge in [0.2, 0.25) is 0 Å². The van der Waals surface area contributed by atoms with Gasteiger partial charge in [-0.25, -0.2) is 0 Å². The van der Waals surface area contributed by atoms with Crippen molar-refractivity contribution in [2.45, 2.75) is 13.8 Å². The Morgan fingerprint density at radius 2 is 2.17 bits per heavy atom. The molecule has 0 spiro atoms. The van der Waals surface area contributed by atoms with Gasteiger partial charge in [0, 0.05) is 19.6 Å². The van der Waals surface area contributed by atoms with E-state index in [1.165, 1.54) is 7.11 Å². The van der Waals surface area contributed by atoms with Gasteiger partial charge in [-0.2, -0.15) is 0 Å². The maximum Gasteiger partial charge on any atom is 0.311 e. The number of methoxy groups -OCH3 is 1. The molecule has 0 aromatic heterocycles. The number of hydrogen-bond donors (Lipinski definition) is 0. The highest BCUT2D eigenvalue weighted by molar-refractivity contribution is 5.73. The van der Waals surface area contributed by atoms with E-state index in [4.69, 9.17) is 0 Å². The molecule has 0 atom stereocenters. The molecule has 0 N–H and O–H groups in total. The van der Waals surface area contributed by atoms with Gasteiger partial charge >= 0.3 is 5.97 Å². The molecule has 12 heavy (non-hydrogen) atoms. The summed E-state index contributed by atoms with van der Waals surface area (Å²) in [5, 5.41) is 0. The quantitative estimate of drug-likeness (QED) is 0.587. The molecule has 0 saturated carbocycles. The lowest BCUT2D eigenvalue weighted by molar-refractivity contribution is -0.151. The highest BCUT2D eigenvalue weighted by atomic mass is 16.5. The first-order valence-electron chi connectivity index (χ1n) is 4.43. The Kier molecular flexibility index (Phi) is 3.09. The average Bonchev–Trinajstić information content (AvgIpc) is 1.94. The standard InChI is InChI=1S/C9H17NO2/c1-7(2)4-10-5-8(6-10)9(11)12-3/h7-8H,4-6H2,1-3H3. The lowest BCUT2D eigenvalue weighted by atomic mass is 9.99. The fraction of sp³-hybridized carbons (Fsp3) is 0.889.